The zero-order valence-corrected chi connectivity index (χ0v) is 17.9. The van der Waals surface area contributed by atoms with Gasteiger partial charge in [-0.25, -0.2) is 0 Å². The van der Waals surface area contributed by atoms with Crippen molar-refractivity contribution in [1.29, 1.82) is 0 Å². The fourth-order valence-corrected chi connectivity index (χ4v) is 2.58. The highest BCUT2D eigenvalue weighted by Crippen LogP contribution is 2.10. The van der Waals surface area contributed by atoms with Gasteiger partial charge in [0.1, 0.15) is 0 Å². The van der Waals surface area contributed by atoms with Gasteiger partial charge in [-0.05, 0) is 32.1 Å². The average Bonchev–Trinajstić information content (AvgIpc) is 2.65. The summed E-state index contributed by atoms with van der Waals surface area (Å²) in [5.41, 5.74) is 0. The zero-order chi connectivity index (χ0) is 22.3. The smallest absolute Gasteiger partial charge is 0.303 e. The Morgan fingerprint density at radius 1 is 0.690 bits per heavy atom. The fourth-order valence-electron chi connectivity index (χ4n) is 2.58. The minimum absolute atomic E-state index is 0.172. The van der Waals surface area contributed by atoms with E-state index in [0.29, 0.717) is 6.42 Å². The standard InChI is InChI=1S/C18H34O3.C4H6O4/c1-2-3-4-11-14-17(19)15-12-9-7-5-6-8-10-13-16-18(20)21;5-3(6)1-2-4(7)8/h9,12,17,19H,2-8,10-11,13-16H2,1H3,(H,20,21);1-2H2,(H,5,6)(H,7,8)/b12-9-;. The van der Waals surface area contributed by atoms with Crippen LogP contribution in [0.1, 0.15) is 103 Å². The maximum Gasteiger partial charge on any atom is 0.303 e. The monoisotopic (exact) mass is 416 g/mol. The van der Waals surface area contributed by atoms with Crippen molar-refractivity contribution in [2.45, 2.75) is 109 Å². The van der Waals surface area contributed by atoms with Gasteiger partial charge in [0.15, 0.2) is 0 Å². The third kappa shape index (κ3) is 31.0. The molecule has 0 heterocycles. The van der Waals surface area contributed by atoms with E-state index >= 15 is 0 Å². The quantitative estimate of drug-likeness (QED) is 0.182. The van der Waals surface area contributed by atoms with E-state index in [4.69, 9.17) is 15.3 Å². The van der Waals surface area contributed by atoms with Crippen LogP contribution >= 0.6 is 0 Å². The lowest BCUT2D eigenvalue weighted by molar-refractivity contribution is -0.143. The highest BCUT2D eigenvalue weighted by atomic mass is 16.4. The molecule has 0 fully saturated rings. The third-order valence-corrected chi connectivity index (χ3v) is 4.28. The van der Waals surface area contributed by atoms with E-state index in [2.05, 4.69) is 19.1 Å². The summed E-state index contributed by atoms with van der Waals surface area (Å²) in [4.78, 5) is 29.6. The molecule has 0 aliphatic rings. The molecule has 1 atom stereocenters. The summed E-state index contributed by atoms with van der Waals surface area (Å²) < 4.78 is 0. The molecule has 170 valence electrons. The Kier molecular flexibility index (Phi) is 22.6. The fraction of sp³-hybridized carbons (Fsp3) is 0.773. The van der Waals surface area contributed by atoms with Gasteiger partial charge in [-0.1, -0.05) is 64.0 Å². The molecule has 7 nitrogen and oxygen atoms in total. The normalized spacial score (nSPS) is 11.7. The van der Waals surface area contributed by atoms with E-state index in [0.717, 1.165) is 51.4 Å². The summed E-state index contributed by atoms with van der Waals surface area (Å²) in [6, 6.07) is 0. The van der Waals surface area contributed by atoms with E-state index in [1.165, 1.54) is 25.7 Å². The number of rotatable bonds is 18. The molecule has 0 aliphatic heterocycles. The van der Waals surface area contributed by atoms with Crippen LogP contribution in [0.3, 0.4) is 0 Å². The van der Waals surface area contributed by atoms with Crippen LogP contribution in [-0.2, 0) is 14.4 Å². The number of unbranched alkanes of at least 4 members (excludes halogenated alkanes) is 8. The van der Waals surface area contributed by atoms with E-state index in [1.807, 2.05) is 0 Å². The van der Waals surface area contributed by atoms with E-state index in [9.17, 15) is 19.5 Å². The Morgan fingerprint density at radius 2 is 1.21 bits per heavy atom. The highest BCUT2D eigenvalue weighted by molar-refractivity contribution is 5.75. The molecule has 0 spiro atoms. The first-order valence-corrected chi connectivity index (χ1v) is 10.8. The maximum atomic E-state index is 10.3. The van der Waals surface area contributed by atoms with Gasteiger partial charge in [0.25, 0.3) is 0 Å². The summed E-state index contributed by atoms with van der Waals surface area (Å²) in [6.07, 6.45) is 16.8. The van der Waals surface area contributed by atoms with Crippen LogP contribution in [0.4, 0.5) is 0 Å². The van der Waals surface area contributed by atoms with Gasteiger partial charge in [-0.2, -0.15) is 0 Å². The second kappa shape index (κ2) is 22.4. The molecule has 0 aliphatic carbocycles. The summed E-state index contributed by atoms with van der Waals surface area (Å²) >= 11 is 0. The molecule has 0 rings (SSSR count). The van der Waals surface area contributed by atoms with Crippen LogP contribution in [0.25, 0.3) is 0 Å². The van der Waals surface area contributed by atoms with Crippen LogP contribution in [0.2, 0.25) is 0 Å². The maximum absolute atomic E-state index is 10.3. The molecular formula is C22H40O7. The van der Waals surface area contributed by atoms with Crippen LogP contribution < -0.4 is 0 Å². The van der Waals surface area contributed by atoms with E-state index in [-0.39, 0.29) is 18.9 Å². The average molecular weight is 417 g/mol. The summed E-state index contributed by atoms with van der Waals surface area (Å²) in [5, 5.41) is 34.1. The predicted octanol–water partition coefficient (Wildman–Crippen LogP) is 5.02. The largest absolute Gasteiger partial charge is 0.481 e. The third-order valence-electron chi connectivity index (χ3n) is 4.28. The first kappa shape index (κ1) is 29.3. The van der Waals surface area contributed by atoms with Gasteiger partial charge >= 0.3 is 17.9 Å². The van der Waals surface area contributed by atoms with Gasteiger partial charge in [0.05, 0.1) is 18.9 Å². The second-order valence-corrected chi connectivity index (χ2v) is 7.20. The number of aliphatic carboxylic acids is 3. The molecule has 0 aromatic carbocycles. The minimum Gasteiger partial charge on any atom is -0.481 e. The molecule has 0 aromatic heterocycles. The molecule has 0 bridgehead atoms. The van der Waals surface area contributed by atoms with Crippen molar-refractivity contribution < 1.29 is 34.8 Å². The summed E-state index contributed by atoms with van der Waals surface area (Å²) in [6.45, 7) is 2.20. The van der Waals surface area contributed by atoms with Gasteiger partial charge in [0, 0.05) is 6.42 Å². The van der Waals surface area contributed by atoms with Crippen molar-refractivity contribution >= 4 is 17.9 Å². The Morgan fingerprint density at radius 3 is 1.76 bits per heavy atom. The minimum atomic E-state index is -1.08. The summed E-state index contributed by atoms with van der Waals surface area (Å²) in [7, 11) is 0. The predicted molar refractivity (Wildman–Crippen MR) is 113 cm³/mol. The van der Waals surface area contributed by atoms with Crippen LogP contribution in [0, 0.1) is 0 Å². The first-order chi connectivity index (χ1) is 13.8. The lowest BCUT2D eigenvalue weighted by Crippen LogP contribution is -2.04. The number of carbonyl (C=O) groups is 3. The SMILES string of the molecule is CCCCCCC(O)C/C=C\CCCCCCCC(=O)O.O=C(O)CCC(=O)O. The molecule has 29 heavy (non-hydrogen) atoms. The van der Waals surface area contributed by atoms with Crippen molar-refractivity contribution in [3.8, 4) is 0 Å². The van der Waals surface area contributed by atoms with E-state index < -0.39 is 17.9 Å². The molecule has 4 N–H and O–H groups in total. The Labute approximate surface area is 174 Å². The lowest BCUT2D eigenvalue weighted by Gasteiger charge is -2.07. The second-order valence-electron chi connectivity index (χ2n) is 7.20. The van der Waals surface area contributed by atoms with Crippen molar-refractivity contribution in [3.63, 3.8) is 0 Å². The number of carboxylic acid groups (broad SMARTS) is 3. The Hall–Kier alpha value is -1.89. The number of aliphatic hydroxyl groups excluding tert-OH is 1. The van der Waals surface area contributed by atoms with Crippen LogP contribution in [-0.4, -0.2) is 44.4 Å². The topological polar surface area (TPSA) is 132 Å². The number of hydrogen-bond donors (Lipinski definition) is 4. The van der Waals surface area contributed by atoms with Crippen molar-refractivity contribution in [1.82, 2.24) is 0 Å². The Bertz CT molecular complexity index is 432. The Balaban J connectivity index is 0. The van der Waals surface area contributed by atoms with Crippen molar-refractivity contribution in [2.75, 3.05) is 0 Å². The number of aliphatic hydroxyl groups is 1. The van der Waals surface area contributed by atoms with Gasteiger partial charge < -0.3 is 20.4 Å². The molecule has 1 unspecified atom stereocenters. The number of allylic oxidation sites excluding steroid dienone is 1. The molecule has 0 aromatic rings. The molecule has 7 heteroatoms. The molecular weight excluding hydrogens is 376 g/mol. The van der Waals surface area contributed by atoms with E-state index in [1.54, 1.807) is 0 Å². The van der Waals surface area contributed by atoms with Gasteiger partial charge in [-0.3, -0.25) is 14.4 Å². The number of carboxylic acids is 3. The van der Waals surface area contributed by atoms with Crippen molar-refractivity contribution in [3.05, 3.63) is 12.2 Å². The first-order valence-electron chi connectivity index (χ1n) is 10.8. The molecule has 0 saturated heterocycles. The zero-order valence-electron chi connectivity index (χ0n) is 17.9. The highest BCUT2D eigenvalue weighted by Gasteiger charge is 2.01. The molecule has 0 radical (unpaired) electrons. The lowest BCUT2D eigenvalue weighted by atomic mass is 10.1. The van der Waals surface area contributed by atoms with Crippen LogP contribution in [0.5, 0.6) is 0 Å². The van der Waals surface area contributed by atoms with Crippen LogP contribution in [0.15, 0.2) is 12.2 Å². The molecule has 0 saturated carbocycles. The summed E-state index contributed by atoms with van der Waals surface area (Å²) in [5.74, 6) is -2.84. The van der Waals surface area contributed by atoms with Gasteiger partial charge in [0.2, 0.25) is 0 Å². The van der Waals surface area contributed by atoms with Crippen molar-refractivity contribution in [2.24, 2.45) is 0 Å². The van der Waals surface area contributed by atoms with Gasteiger partial charge in [-0.15, -0.1) is 0 Å². The molecule has 0 amide bonds. The number of hydrogen-bond acceptors (Lipinski definition) is 4.